The Kier molecular flexibility index (Phi) is 3.39. The maximum absolute atomic E-state index is 11.8. The molecule has 1 aromatic heterocycles. The molecule has 0 bridgehead atoms. The van der Waals surface area contributed by atoms with Gasteiger partial charge in [0.25, 0.3) is 0 Å². The summed E-state index contributed by atoms with van der Waals surface area (Å²) < 4.78 is 1.50. The van der Waals surface area contributed by atoms with Crippen molar-refractivity contribution in [3.63, 3.8) is 0 Å². The molecule has 1 N–H and O–H groups in total. The second kappa shape index (κ2) is 5.15. The third kappa shape index (κ3) is 2.74. The first-order chi connectivity index (χ1) is 8.69. The van der Waals surface area contributed by atoms with Crippen LogP contribution in [0.25, 0.3) is 0 Å². The highest BCUT2D eigenvalue weighted by molar-refractivity contribution is 5.90. The average molecular weight is 240 g/mol. The Morgan fingerprint density at radius 3 is 2.83 bits per heavy atom. The number of nitriles is 1. The first kappa shape index (κ1) is 11.9. The average Bonchev–Trinajstić information content (AvgIpc) is 2.79. The van der Waals surface area contributed by atoms with E-state index in [1.807, 2.05) is 37.3 Å². The van der Waals surface area contributed by atoms with Crippen LogP contribution in [-0.2, 0) is 11.3 Å². The maximum atomic E-state index is 11.8. The van der Waals surface area contributed by atoms with Gasteiger partial charge in [0, 0.05) is 18.1 Å². The van der Waals surface area contributed by atoms with Crippen LogP contribution >= 0.6 is 0 Å². The maximum Gasteiger partial charge on any atom is 0.244 e. The Balaban J connectivity index is 2.01. The number of hydrogen-bond acceptors (Lipinski definition) is 3. The van der Waals surface area contributed by atoms with Gasteiger partial charge in [0.1, 0.15) is 12.6 Å². The summed E-state index contributed by atoms with van der Waals surface area (Å²) in [6.07, 6.45) is 3.10. The van der Waals surface area contributed by atoms with Crippen LogP contribution in [0.1, 0.15) is 11.4 Å². The molecule has 2 rings (SSSR count). The summed E-state index contributed by atoms with van der Waals surface area (Å²) in [4.78, 5) is 15.6. The minimum Gasteiger partial charge on any atom is -0.325 e. The monoisotopic (exact) mass is 240 g/mol. The van der Waals surface area contributed by atoms with Crippen LogP contribution in [-0.4, -0.2) is 15.5 Å². The standard InChI is InChI=1S/C13H12N4O/c1-10-2-4-11(5-3-10)16-13(18)9-17-7-6-15-12(17)8-14/h2-7H,9H2,1H3,(H,16,18). The molecule has 1 amide bonds. The largest absolute Gasteiger partial charge is 0.325 e. The molecule has 18 heavy (non-hydrogen) atoms. The lowest BCUT2D eigenvalue weighted by molar-refractivity contribution is -0.116. The van der Waals surface area contributed by atoms with E-state index in [1.54, 1.807) is 6.20 Å². The van der Waals surface area contributed by atoms with Gasteiger partial charge in [-0.25, -0.2) is 4.98 Å². The highest BCUT2D eigenvalue weighted by Gasteiger charge is 2.07. The topological polar surface area (TPSA) is 70.7 Å². The number of nitrogens with zero attached hydrogens (tertiary/aromatic N) is 3. The molecular formula is C13H12N4O. The highest BCUT2D eigenvalue weighted by atomic mass is 16.1. The number of nitrogens with one attached hydrogen (secondary N) is 1. The van der Waals surface area contributed by atoms with Crippen molar-refractivity contribution in [1.82, 2.24) is 9.55 Å². The van der Waals surface area contributed by atoms with Gasteiger partial charge < -0.3 is 9.88 Å². The van der Waals surface area contributed by atoms with Crippen LogP contribution < -0.4 is 5.32 Å². The molecule has 0 saturated heterocycles. The van der Waals surface area contributed by atoms with E-state index in [0.717, 1.165) is 11.3 Å². The molecule has 5 heteroatoms. The quantitative estimate of drug-likeness (QED) is 0.887. The third-order valence-electron chi connectivity index (χ3n) is 2.46. The molecule has 0 saturated carbocycles. The Bertz CT molecular complexity index is 592. The van der Waals surface area contributed by atoms with Crippen molar-refractivity contribution in [3.8, 4) is 6.07 Å². The highest BCUT2D eigenvalue weighted by Crippen LogP contribution is 2.08. The van der Waals surface area contributed by atoms with Gasteiger partial charge in [0.05, 0.1) is 0 Å². The number of carbonyl (C=O) groups is 1. The molecule has 0 fully saturated rings. The van der Waals surface area contributed by atoms with Crippen LogP contribution in [0, 0.1) is 18.3 Å². The molecule has 0 unspecified atom stereocenters. The van der Waals surface area contributed by atoms with Crippen LogP contribution in [0.4, 0.5) is 5.69 Å². The van der Waals surface area contributed by atoms with Crippen LogP contribution in [0.3, 0.4) is 0 Å². The van der Waals surface area contributed by atoms with Crippen molar-refractivity contribution in [2.75, 3.05) is 5.32 Å². The molecule has 0 aliphatic heterocycles. The molecule has 2 aromatic rings. The fourth-order valence-electron chi connectivity index (χ4n) is 1.54. The minimum absolute atomic E-state index is 0.0801. The zero-order valence-corrected chi connectivity index (χ0v) is 9.92. The Hall–Kier alpha value is -2.61. The predicted molar refractivity (Wildman–Crippen MR) is 66.8 cm³/mol. The van der Waals surface area contributed by atoms with Gasteiger partial charge in [-0.05, 0) is 19.1 Å². The first-order valence-electron chi connectivity index (χ1n) is 5.47. The molecule has 0 atom stereocenters. The number of imidazole rings is 1. The fraction of sp³-hybridized carbons (Fsp3) is 0.154. The number of anilines is 1. The molecule has 1 heterocycles. The van der Waals surface area contributed by atoms with Crippen molar-refractivity contribution in [1.29, 1.82) is 5.26 Å². The summed E-state index contributed by atoms with van der Waals surface area (Å²) in [5.41, 5.74) is 1.87. The van der Waals surface area contributed by atoms with Crippen molar-refractivity contribution in [2.45, 2.75) is 13.5 Å². The molecule has 0 spiro atoms. The zero-order valence-electron chi connectivity index (χ0n) is 9.92. The summed E-state index contributed by atoms with van der Waals surface area (Å²) in [6.45, 7) is 2.06. The molecule has 5 nitrogen and oxygen atoms in total. The van der Waals surface area contributed by atoms with E-state index in [9.17, 15) is 4.79 Å². The number of aromatic nitrogens is 2. The fourth-order valence-corrected chi connectivity index (χ4v) is 1.54. The second-order valence-corrected chi connectivity index (χ2v) is 3.90. The Labute approximate surface area is 105 Å². The van der Waals surface area contributed by atoms with Gasteiger partial charge in [-0.1, -0.05) is 17.7 Å². The predicted octanol–water partition coefficient (Wildman–Crippen LogP) is 1.70. The number of benzene rings is 1. The number of amides is 1. The molecule has 0 aliphatic carbocycles. The van der Waals surface area contributed by atoms with E-state index >= 15 is 0 Å². The Morgan fingerprint density at radius 2 is 2.17 bits per heavy atom. The van der Waals surface area contributed by atoms with Gasteiger partial charge in [0.15, 0.2) is 0 Å². The molecular weight excluding hydrogens is 228 g/mol. The van der Waals surface area contributed by atoms with Crippen molar-refractivity contribution in [3.05, 3.63) is 48.0 Å². The lowest BCUT2D eigenvalue weighted by Gasteiger charge is -2.06. The number of rotatable bonds is 3. The third-order valence-corrected chi connectivity index (χ3v) is 2.46. The van der Waals surface area contributed by atoms with E-state index in [4.69, 9.17) is 5.26 Å². The lowest BCUT2D eigenvalue weighted by Crippen LogP contribution is -2.19. The summed E-state index contributed by atoms with van der Waals surface area (Å²) in [5, 5.41) is 11.5. The summed E-state index contributed by atoms with van der Waals surface area (Å²) in [6, 6.07) is 9.45. The van der Waals surface area contributed by atoms with E-state index in [0.29, 0.717) is 0 Å². The van der Waals surface area contributed by atoms with Crippen molar-refractivity contribution >= 4 is 11.6 Å². The zero-order chi connectivity index (χ0) is 13.0. The Morgan fingerprint density at radius 1 is 1.44 bits per heavy atom. The number of carbonyl (C=O) groups excluding carboxylic acids is 1. The molecule has 0 radical (unpaired) electrons. The summed E-state index contributed by atoms with van der Waals surface area (Å²) >= 11 is 0. The van der Waals surface area contributed by atoms with Crippen LogP contribution in [0.2, 0.25) is 0 Å². The van der Waals surface area contributed by atoms with Crippen LogP contribution in [0.15, 0.2) is 36.7 Å². The van der Waals surface area contributed by atoms with Crippen LogP contribution in [0.5, 0.6) is 0 Å². The summed E-state index contributed by atoms with van der Waals surface area (Å²) in [7, 11) is 0. The second-order valence-electron chi connectivity index (χ2n) is 3.90. The van der Waals surface area contributed by atoms with Crippen molar-refractivity contribution < 1.29 is 4.79 Å². The van der Waals surface area contributed by atoms with Gasteiger partial charge in [0.2, 0.25) is 11.7 Å². The number of hydrogen-bond donors (Lipinski definition) is 1. The first-order valence-corrected chi connectivity index (χ1v) is 5.47. The summed E-state index contributed by atoms with van der Waals surface area (Å²) in [5.74, 6) is 0.0439. The minimum atomic E-state index is -0.187. The van der Waals surface area contributed by atoms with E-state index < -0.39 is 0 Å². The molecule has 1 aromatic carbocycles. The normalized spacial score (nSPS) is 9.78. The van der Waals surface area contributed by atoms with E-state index in [2.05, 4.69) is 10.3 Å². The van der Waals surface area contributed by atoms with E-state index in [-0.39, 0.29) is 18.3 Å². The SMILES string of the molecule is Cc1ccc(NC(=O)Cn2ccnc2C#N)cc1. The molecule has 90 valence electrons. The van der Waals surface area contributed by atoms with Gasteiger partial charge in [-0.2, -0.15) is 5.26 Å². The lowest BCUT2D eigenvalue weighted by atomic mass is 10.2. The van der Waals surface area contributed by atoms with Crippen molar-refractivity contribution in [2.24, 2.45) is 0 Å². The van der Waals surface area contributed by atoms with Gasteiger partial charge in [-0.3, -0.25) is 4.79 Å². The number of aryl methyl sites for hydroxylation is 1. The van der Waals surface area contributed by atoms with Gasteiger partial charge >= 0.3 is 0 Å². The van der Waals surface area contributed by atoms with Gasteiger partial charge in [-0.15, -0.1) is 0 Å². The molecule has 0 aliphatic rings. The van der Waals surface area contributed by atoms with E-state index in [1.165, 1.54) is 10.8 Å². The smallest absolute Gasteiger partial charge is 0.244 e.